The van der Waals surface area contributed by atoms with Gasteiger partial charge in [0, 0.05) is 0 Å². The summed E-state index contributed by atoms with van der Waals surface area (Å²) in [5.74, 6) is -1.21. The Balaban J connectivity index is 2.87. The predicted octanol–water partition coefficient (Wildman–Crippen LogP) is 0.880. The van der Waals surface area contributed by atoms with E-state index in [0.29, 0.717) is 18.4 Å². The molecule has 4 N–H and O–H groups in total. The van der Waals surface area contributed by atoms with Gasteiger partial charge in [0.2, 0.25) is 5.91 Å². The number of rotatable bonds is 6. The molecular weight excluding hydrogens is 244 g/mol. The minimum absolute atomic E-state index is 0.381. The third kappa shape index (κ3) is 3.32. The maximum atomic E-state index is 12.0. The second kappa shape index (κ2) is 6.33. The van der Waals surface area contributed by atoms with Crippen molar-refractivity contribution in [2.75, 3.05) is 0 Å². The van der Waals surface area contributed by atoms with Crippen LogP contribution in [-0.2, 0) is 9.59 Å². The maximum Gasteiger partial charge on any atom is 0.254 e. The number of aliphatic hydroxyl groups excluding tert-OH is 1. The first-order valence-electron chi connectivity index (χ1n) is 6.31. The van der Waals surface area contributed by atoms with Crippen molar-refractivity contribution in [3.05, 3.63) is 35.9 Å². The highest BCUT2D eigenvalue weighted by molar-refractivity contribution is 5.92. The van der Waals surface area contributed by atoms with Gasteiger partial charge in [-0.15, -0.1) is 0 Å². The fraction of sp³-hybridized carbons (Fsp3) is 0.429. The maximum absolute atomic E-state index is 12.0. The lowest BCUT2D eigenvalue weighted by Crippen LogP contribution is -2.57. The zero-order valence-corrected chi connectivity index (χ0v) is 11.2. The molecule has 1 aromatic rings. The average molecular weight is 264 g/mol. The molecule has 0 radical (unpaired) electrons. The Morgan fingerprint density at radius 1 is 1.26 bits per heavy atom. The molecular formula is C14H20N2O3. The molecule has 1 rings (SSSR count). The second-order valence-corrected chi connectivity index (χ2v) is 4.46. The van der Waals surface area contributed by atoms with Gasteiger partial charge >= 0.3 is 0 Å². The number of primary amides is 1. The zero-order valence-electron chi connectivity index (χ0n) is 11.2. The van der Waals surface area contributed by atoms with E-state index in [0.717, 1.165) is 0 Å². The number of hydrogen-bond donors (Lipinski definition) is 3. The molecule has 1 atom stereocenters. The van der Waals surface area contributed by atoms with Crippen molar-refractivity contribution in [2.24, 2.45) is 5.73 Å². The molecule has 19 heavy (non-hydrogen) atoms. The number of carbonyl (C=O) groups excluding carboxylic acids is 2. The number of benzene rings is 1. The van der Waals surface area contributed by atoms with Crippen molar-refractivity contribution in [1.29, 1.82) is 0 Å². The number of amides is 2. The fourth-order valence-electron chi connectivity index (χ4n) is 1.93. The smallest absolute Gasteiger partial charge is 0.254 e. The van der Waals surface area contributed by atoms with Crippen molar-refractivity contribution in [3.8, 4) is 0 Å². The van der Waals surface area contributed by atoms with E-state index in [1.165, 1.54) is 0 Å². The van der Waals surface area contributed by atoms with Gasteiger partial charge in [-0.1, -0.05) is 44.2 Å². The van der Waals surface area contributed by atoms with Crippen LogP contribution in [0.25, 0.3) is 0 Å². The van der Waals surface area contributed by atoms with Crippen LogP contribution in [0.15, 0.2) is 30.3 Å². The fourth-order valence-corrected chi connectivity index (χ4v) is 1.93. The van der Waals surface area contributed by atoms with E-state index in [-0.39, 0.29) is 0 Å². The van der Waals surface area contributed by atoms with Gasteiger partial charge in [0.05, 0.1) is 0 Å². The molecule has 0 heterocycles. The second-order valence-electron chi connectivity index (χ2n) is 4.46. The highest BCUT2D eigenvalue weighted by atomic mass is 16.3. The summed E-state index contributed by atoms with van der Waals surface area (Å²) in [6.07, 6.45) is -0.545. The zero-order chi connectivity index (χ0) is 14.5. The van der Waals surface area contributed by atoms with E-state index in [1.54, 1.807) is 44.2 Å². The summed E-state index contributed by atoms with van der Waals surface area (Å²) in [4.78, 5) is 23.5. The molecule has 0 saturated heterocycles. The van der Waals surface area contributed by atoms with Gasteiger partial charge in [0.1, 0.15) is 5.54 Å². The van der Waals surface area contributed by atoms with Crippen LogP contribution < -0.4 is 11.1 Å². The van der Waals surface area contributed by atoms with Gasteiger partial charge in [-0.05, 0) is 18.4 Å². The van der Waals surface area contributed by atoms with Crippen molar-refractivity contribution in [2.45, 2.75) is 38.3 Å². The molecule has 0 aliphatic rings. The van der Waals surface area contributed by atoms with Gasteiger partial charge in [-0.25, -0.2) is 0 Å². The standard InChI is InChI=1S/C14H20N2O3/c1-3-14(4-2,13(15)19)16-12(18)11(17)10-8-6-5-7-9-10/h5-9,11,17H,3-4H2,1-2H3,(H2,15,19)(H,16,18). The monoisotopic (exact) mass is 264 g/mol. The van der Waals surface area contributed by atoms with Gasteiger partial charge in [0.25, 0.3) is 5.91 Å². The van der Waals surface area contributed by atoms with E-state index < -0.39 is 23.5 Å². The Bertz CT molecular complexity index is 441. The summed E-state index contributed by atoms with van der Waals surface area (Å²) in [6.45, 7) is 3.53. The van der Waals surface area contributed by atoms with Crippen LogP contribution in [0, 0.1) is 0 Å². The largest absolute Gasteiger partial charge is 0.378 e. The lowest BCUT2D eigenvalue weighted by atomic mass is 9.91. The first-order valence-corrected chi connectivity index (χ1v) is 6.31. The Labute approximate surface area is 112 Å². The summed E-state index contributed by atoms with van der Waals surface area (Å²) >= 11 is 0. The topological polar surface area (TPSA) is 92.4 Å². The first kappa shape index (κ1) is 15.2. The number of hydrogen-bond acceptors (Lipinski definition) is 3. The van der Waals surface area contributed by atoms with Crippen molar-refractivity contribution in [3.63, 3.8) is 0 Å². The third-order valence-corrected chi connectivity index (χ3v) is 3.40. The molecule has 0 aromatic heterocycles. The normalized spacial score (nSPS) is 12.8. The summed E-state index contributed by atoms with van der Waals surface area (Å²) in [7, 11) is 0. The third-order valence-electron chi connectivity index (χ3n) is 3.40. The summed E-state index contributed by atoms with van der Waals surface area (Å²) in [5, 5.41) is 12.5. The molecule has 0 fully saturated rings. The van der Waals surface area contributed by atoms with Gasteiger partial charge in [-0.2, -0.15) is 0 Å². The van der Waals surface area contributed by atoms with Crippen molar-refractivity contribution in [1.82, 2.24) is 5.32 Å². The Kier molecular flexibility index (Phi) is 5.06. The molecule has 0 aliphatic heterocycles. The van der Waals surface area contributed by atoms with E-state index in [1.807, 2.05) is 0 Å². The molecule has 0 aliphatic carbocycles. The van der Waals surface area contributed by atoms with Gasteiger partial charge < -0.3 is 16.2 Å². The molecule has 2 amide bonds. The molecule has 1 aromatic carbocycles. The van der Waals surface area contributed by atoms with Gasteiger partial charge in [0.15, 0.2) is 6.10 Å². The number of aliphatic hydroxyl groups is 1. The summed E-state index contributed by atoms with van der Waals surface area (Å²) < 4.78 is 0. The van der Waals surface area contributed by atoms with E-state index in [2.05, 4.69) is 5.32 Å². The molecule has 5 nitrogen and oxygen atoms in total. The van der Waals surface area contributed by atoms with Crippen LogP contribution in [0.3, 0.4) is 0 Å². The first-order chi connectivity index (χ1) is 8.96. The summed E-state index contributed by atoms with van der Waals surface area (Å²) in [5.41, 5.74) is 4.72. The van der Waals surface area contributed by atoms with Crippen molar-refractivity contribution >= 4 is 11.8 Å². The minimum atomic E-state index is -1.31. The van der Waals surface area contributed by atoms with Crippen LogP contribution in [0.1, 0.15) is 38.4 Å². The highest BCUT2D eigenvalue weighted by Gasteiger charge is 2.36. The Hall–Kier alpha value is -1.88. The van der Waals surface area contributed by atoms with Crippen LogP contribution >= 0.6 is 0 Å². The summed E-state index contributed by atoms with van der Waals surface area (Å²) in [6, 6.07) is 8.54. The van der Waals surface area contributed by atoms with E-state index in [4.69, 9.17) is 5.73 Å². The quantitative estimate of drug-likeness (QED) is 0.712. The molecule has 1 unspecified atom stereocenters. The SMILES string of the molecule is CCC(CC)(NC(=O)C(O)c1ccccc1)C(N)=O. The number of nitrogens with two attached hydrogens (primary N) is 1. The van der Waals surface area contributed by atoms with Crippen molar-refractivity contribution < 1.29 is 14.7 Å². The van der Waals surface area contributed by atoms with Gasteiger partial charge in [-0.3, -0.25) is 9.59 Å². The molecule has 0 saturated carbocycles. The minimum Gasteiger partial charge on any atom is -0.378 e. The Morgan fingerprint density at radius 3 is 2.21 bits per heavy atom. The lowest BCUT2D eigenvalue weighted by molar-refractivity contribution is -0.137. The van der Waals surface area contributed by atoms with Crippen LogP contribution in [0.4, 0.5) is 0 Å². The molecule has 0 spiro atoms. The Morgan fingerprint density at radius 2 is 1.79 bits per heavy atom. The molecule has 0 bridgehead atoms. The predicted molar refractivity (Wildman–Crippen MR) is 72.1 cm³/mol. The highest BCUT2D eigenvalue weighted by Crippen LogP contribution is 2.18. The lowest BCUT2D eigenvalue weighted by Gasteiger charge is -2.30. The number of nitrogens with one attached hydrogen (secondary N) is 1. The van der Waals surface area contributed by atoms with Crippen LogP contribution in [0.5, 0.6) is 0 Å². The van der Waals surface area contributed by atoms with E-state index in [9.17, 15) is 14.7 Å². The van der Waals surface area contributed by atoms with Crippen LogP contribution in [-0.4, -0.2) is 22.5 Å². The number of carbonyl (C=O) groups is 2. The molecule has 104 valence electrons. The average Bonchev–Trinajstić information content (AvgIpc) is 2.44. The van der Waals surface area contributed by atoms with Crippen LogP contribution in [0.2, 0.25) is 0 Å². The van der Waals surface area contributed by atoms with E-state index >= 15 is 0 Å². The molecule has 5 heteroatoms.